The van der Waals surface area contributed by atoms with Crippen LogP contribution in [0.5, 0.6) is 0 Å². The third kappa shape index (κ3) is 11.6. The van der Waals surface area contributed by atoms with Gasteiger partial charge in [-0.15, -0.1) is 0 Å². The van der Waals surface area contributed by atoms with Crippen LogP contribution < -0.4 is 38.9 Å². The van der Waals surface area contributed by atoms with E-state index in [9.17, 15) is 33.9 Å². The number of primary amides is 2. The number of carboxylic acid groups (broad SMARTS) is 1. The summed E-state index contributed by atoms with van der Waals surface area (Å²) in [6.45, 7) is 3.79. The van der Waals surface area contributed by atoms with Crippen LogP contribution in [0.25, 0.3) is 0 Å². The highest BCUT2D eigenvalue weighted by atomic mass is 16.4. The smallest absolute Gasteiger partial charge is 0.326 e. The van der Waals surface area contributed by atoms with Gasteiger partial charge in [-0.25, -0.2) is 4.79 Å². The van der Waals surface area contributed by atoms with Crippen molar-refractivity contribution in [2.24, 2.45) is 28.9 Å². The fourth-order valence-corrected chi connectivity index (χ4v) is 2.97. The molecule has 0 aromatic heterocycles. The van der Waals surface area contributed by atoms with E-state index in [4.69, 9.17) is 22.9 Å². The lowest BCUT2D eigenvalue weighted by molar-refractivity contribution is -0.144. The molecule has 0 aromatic carbocycles. The summed E-state index contributed by atoms with van der Waals surface area (Å²) in [7, 11) is 0. The Labute approximate surface area is 197 Å². The zero-order valence-corrected chi connectivity index (χ0v) is 19.5. The molecule has 0 fully saturated rings. The Morgan fingerprint density at radius 3 is 1.85 bits per heavy atom. The third-order valence-electron chi connectivity index (χ3n) is 5.15. The summed E-state index contributed by atoms with van der Waals surface area (Å²) in [6, 6.07) is -5.10. The van der Waals surface area contributed by atoms with E-state index in [0.717, 1.165) is 0 Å². The van der Waals surface area contributed by atoms with Gasteiger partial charge in [0.1, 0.15) is 18.1 Å². The molecular formula is C20H37N7O7. The summed E-state index contributed by atoms with van der Waals surface area (Å²) < 4.78 is 0. The second kappa shape index (κ2) is 15.6. The quantitative estimate of drug-likeness (QED) is 0.0957. The Morgan fingerprint density at radius 1 is 0.824 bits per heavy atom. The standard InChI is InChI=1S/C20H37N7O7/c1-3-10(2)16(19(32)26-13(20(33)34)9-15(24)29)27-18(31)12(6-4-5-7-21)25-17(30)11(22)8-14(23)28/h10-13,16H,3-9,21-22H2,1-2H3,(H2,23,28)(H2,24,29)(H,25,30)(H,26,32)(H,27,31)(H,33,34). The summed E-state index contributed by atoms with van der Waals surface area (Å²) in [4.78, 5) is 71.6. The third-order valence-corrected chi connectivity index (χ3v) is 5.15. The maximum Gasteiger partial charge on any atom is 0.326 e. The molecule has 0 heterocycles. The van der Waals surface area contributed by atoms with Gasteiger partial charge in [0.15, 0.2) is 0 Å². The molecule has 0 spiro atoms. The van der Waals surface area contributed by atoms with Crippen LogP contribution in [0.2, 0.25) is 0 Å². The highest BCUT2D eigenvalue weighted by Gasteiger charge is 2.33. The molecule has 0 saturated carbocycles. The van der Waals surface area contributed by atoms with Crippen molar-refractivity contribution in [3.63, 3.8) is 0 Å². The molecule has 0 bridgehead atoms. The van der Waals surface area contributed by atoms with Gasteiger partial charge in [0.25, 0.3) is 0 Å². The van der Waals surface area contributed by atoms with E-state index in [1.54, 1.807) is 13.8 Å². The van der Waals surface area contributed by atoms with Crippen LogP contribution in [0.3, 0.4) is 0 Å². The molecule has 0 aliphatic rings. The average Bonchev–Trinajstić information content (AvgIpc) is 2.74. The van der Waals surface area contributed by atoms with Crippen LogP contribution in [0.1, 0.15) is 52.4 Å². The molecule has 12 N–H and O–H groups in total. The molecule has 5 unspecified atom stereocenters. The molecule has 14 nitrogen and oxygen atoms in total. The van der Waals surface area contributed by atoms with Gasteiger partial charge in [-0.05, 0) is 31.7 Å². The first-order valence-electron chi connectivity index (χ1n) is 11.0. The van der Waals surface area contributed by atoms with E-state index in [0.29, 0.717) is 25.8 Å². The first-order valence-corrected chi connectivity index (χ1v) is 11.0. The SMILES string of the molecule is CCC(C)C(NC(=O)C(CCCCN)NC(=O)C(N)CC(N)=O)C(=O)NC(CC(N)=O)C(=O)O. The first-order chi connectivity index (χ1) is 15.8. The van der Waals surface area contributed by atoms with E-state index < -0.39 is 78.4 Å². The normalized spacial score (nSPS) is 15.2. The summed E-state index contributed by atoms with van der Waals surface area (Å²) in [6.07, 6.45) is 0.608. The molecule has 0 aliphatic heterocycles. The van der Waals surface area contributed by atoms with E-state index >= 15 is 0 Å². The molecule has 0 rings (SSSR count). The minimum absolute atomic E-state index is 0.173. The number of carboxylic acids is 1. The molecule has 0 saturated heterocycles. The number of nitrogens with two attached hydrogens (primary N) is 4. The number of unbranched alkanes of at least 4 members (excludes halogenated alkanes) is 1. The number of carbonyl (C=O) groups is 6. The number of carbonyl (C=O) groups excluding carboxylic acids is 5. The number of aliphatic carboxylic acids is 1. The van der Waals surface area contributed by atoms with Gasteiger partial charge in [-0.2, -0.15) is 0 Å². The van der Waals surface area contributed by atoms with Crippen molar-refractivity contribution in [3.8, 4) is 0 Å². The van der Waals surface area contributed by atoms with Crippen molar-refractivity contribution in [2.45, 2.75) is 76.5 Å². The van der Waals surface area contributed by atoms with Crippen LogP contribution >= 0.6 is 0 Å². The van der Waals surface area contributed by atoms with Crippen LogP contribution in [0.15, 0.2) is 0 Å². The van der Waals surface area contributed by atoms with E-state index in [1.165, 1.54) is 0 Å². The van der Waals surface area contributed by atoms with Crippen molar-refractivity contribution >= 4 is 35.5 Å². The predicted molar refractivity (Wildman–Crippen MR) is 121 cm³/mol. The molecule has 5 amide bonds. The zero-order chi connectivity index (χ0) is 26.4. The number of hydrogen-bond acceptors (Lipinski definition) is 8. The van der Waals surface area contributed by atoms with Gasteiger partial charge in [0, 0.05) is 0 Å². The van der Waals surface area contributed by atoms with Crippen LogP contribution in [-0.4, -0.2) is 71.3 Å². The van der Waals surface area contributed by atoms with Crippen LogP contribution in [-0.2, 0) is 28.8 Å². The van der Waals surface area contributed by atoms with E-state index in [-0.39, 0.29) is 6.42 Å². The maximum absolute atomic E-state index is 13.0. The number of nitrogens with one attached hydrogen (secondary N) is 3. The zero-order valence-electron chi connectivity index (χ0n) is 19.5. The Bertz CT molecular complexity index is 747. The summed E-state index contributed by atoms with van der Waals surface area (Å²) in [5, 5.41) is 16.4. The fraction of sp³-hybridized carbons (Fsp3) is 0.700. The Morgan fingerprint density at radius 2 is 1.38 bits per heavy atom. The number of amides is 5. The average molecular weight is 488 g/mol. The lowest BCUT2D eigenvalue weighted by atomic mass is 9.96. The van der Waals surface area contributed by atoms with Gasteiger partial charge >= 0.3 is 5.97 Å². The number of hydrogen-bond donors (Lipinski definition) is 8. The fourth-order valence-electron chi connectivity index (χ4n) is 2.97. The Kier molecular flexibility index (Phi) is 14.1. The van der Waals surface area contributed by atoms with E-state index in [1.807, 2.05) is 0 Å². The molecule has 0 aliphatic carbocycles. The van der Waals surface area contributed by atoms with E-state index in [2.05, 4.69) is 16.0 Å². The van der Waals surface area contributed by atoms with Crippen molar-refractivity contribution in [2.75, 3.05) is 6.54 Å². The van der Waals surface area contributed by atoms with Crippen LogP contribution in [0, 0.1) is 5.92 Å². The molecule has 0 aromatic rings. The van der Waals surface area contributed by atoms with Crippen LogP contribution in [0.4, 0.5) is 0 Å². The predicted octanol–water partition coefficient (Wildman–Crippen LogP) is -3.22. The summed E-state index contributed by atoms with van der Waals surface area (Å²) >= 11 is 0. The molecule has 194 valence electrons. The second-order valence-corrected chi connectivity index (χ2v) is 8.06. The maximum atomic E-state index is 13.0. The van der Waals surface area contributed by atoms with Crippen molar-refractivity contribution in [1.82, 2.24) is 16.0 Å². The van der Waals surface area contributed by atoms with Crippen molar-refractivity contribution < 1.29 is 33.9 Å². The minimum atomic E-state index is -1.57. The molecule has 14 heteroatoms. The van der Waals surface area contributed by atoms with Crippen molar-refractivity contribution in [3.05, 3.63) is 0 Å². The second-order valence-electron chi connectivity index (χ2n) is 8.06. The van der Waals surface area contributed by atoms with Crippen molar-refractivity contribution in [1.29, 1.82) is 0 Å². The minimum Gasteiger partial charge on any atom is -0.480 e. The topological polar surface area (TPSA) is 263 Å². The lowest BCUT2D eigenvalue weighted by Crippen LogP contribution is -2.59. The van der Waals surface area contributed by atoms with Gasteiger partial charge in [-0.1, -0.05) is 20.3 Å². The highest BCUT2D eigenvalue weighted by molar-refractivity contribution is 5.95. The highest BCUT2D eigenvalue weighted by Crippen LogP contribution is 2.11. The molecule has 0 radical (unpaired) electrons. The molecular weight excluding hydrogens is 450 g/mol. The Balaban J connectivity index is 5.59. The Hall–Kier alpha value is -3.26. The summed E-state index contributed by atoms with van der Waals surface area (Å²) in [5.41, 5.74) is 21.2. The lowest BCUT2D eigenvalue weighted by Gasteiger charge is -2.28. The van der Waals surface area contributed by atoms with Gasteiger partial charge in [-0.3, -0.25) is 24.0 Å². The summed E-state index contributed by atoms with van der Waals surface area (Å²) in [5.74, 6) is -5.91. The van der Waals surface area contributed by atoms with Gasteiger partial charge < -0.3 is 44.0 Å². The molecule has 5 atom stereocenters. The monoisotopic (exact) mass is 487 g/mol. The molecule has 34 heavy (non-hydrogen) atoms. The number of rotatable bonds is 17. The largest absolute Gasteiger partial charge is 0.480 e. The first kappa shape index (κ1) is 30.7. The van der Waals surface area contributed by atoms with Gasteiger partial charge in [0.05, 0.1) is 18.9 Å². The van der Waals surface area contributed by atoms with Gasteiger partial charge in [0.2, 0.25) is 29.5 Å².